The van der Waals surface area contributed by atoms with E-state index in [1.54, 1.807) is 12.1 Å². The Kier molecular flexibility index (Phi) is 6.39. The minimum atomic E-state index is -0.694. The number of carbonyl (C=O) groups excluding carboxylic acids is 2. The van der Waals surface area contributed by atoms with Crippen molar-refractivity contribution in [3.63, 3.8) is 0 Å². The lowest BCUT2D eigenvalue weighted by molar-refractivity contribution is -0.136. The van der Waals surface area contributed by atoms with Gasteiger partial charge in [0.15, 0.2) is 0 Å². The summed E-state index contributed by atoms with van der Waals surface area (Å²) in [6.45, 7) is 6.03. The number of rotatable bonds is 5. The highest BCUT2D eigenvalue weighted by Gasteiger charge is 2.16. The fourth-order valence-electron chi connectivity index (χ4n) is 2.84. The predicted molar refractivity (Wildman–Crippen MR) is 114 cm³/mol. The standard InChI is InChI=1S/C22H22FN3O2S/c1-13-6-4-9-18(14(13)2)26-21(28)20(27)24-11-10-19-15(3)25-22(29-19)16-7-5-8-17(23)12-16/h4-9,12H,10-11H2,1-3H3,(H,24,27)(H,26,28). The molecule has 0 unspecified atom stereocenters. The average molecular weight is 412 g/mol. The van der Waals surface area contributed by atoms with E-state index in [-0.39, 0.29) is 5.82 Å². The number of thiazole rings is 1. The number of aromatic nitrogens is 1. The molecule has 2 N–H and O–H groups in total. The third-order valence-corrected chi connectivity index (χ3v) is 5.93. The van der Waals surface area contributed by atoms with E-state index < -0.39 is 11.8 Å². The number of nitrogens with zero attached hydrogens (tertiary/aromatic N) is 1. The van der Waals surface area contributed by atoms with Gasteiger partial charge in [0.25, 0.3) is 0 Å². The first-order valence-corrected chi connectivity index (χ1v) is 10.0. The number of nitrogens with one attached hydrogen (secondary N) is 2. The van der Waals surface area contributed by atoms with Crippen LogP contribution >= 0.6 is 11.3 Å². The van der Waals surface area contributed by atoms with Crippen molar-refractivity contribution in [3.8, 4) is 10.6 Å². The number of hydrogen-bond acceptors (Lipinski definition) is 4. The lowest BCUT2D eigenvalue weighted by atomic mass is 10.1. The zero-order valence-corrected chi connectivity index (χ0v) is 17.3. The monoisotopic (exact) mass is 411 g/mol. The highest BCUT2D eigenvalue weighted by molar-refractivity contribution is 7.15. The lowest BCUT2D eigenvalue weighted by Crippen LogP contribution is -2.36. The number of hydrogen-bond donors (Lipinski definition) is 2. The van der Waals surface area contributed by atoms with Crippen LogP contribution in [0, 0.1) is 26.6 Å². The summed E-state index contributed by atoms with van der Waals surface area (Å²) in [5.41, 5.74) is 4.16. The van der Waals surface area contributed by atoms with Gasteiger partial charge in [0.2, 0.25) is 0 Å². The Morgan fingerprint density at radius 2 is 1.83 bits per heavy atom. The molecule has 3 aromatic rings. The molecule has 0 bridgehead atoms. The zero-order valence-electron chi connectivity index (χ0n) is 16.5. The smallest absolute Gasteiger partial charge is 0.313 e. The molecule has 1 heterocycles. The highest BCUT2D eigenvalue weighted by Crippen LogP contribution is 2.28. The van der Waals surface area contributed by atoms with Gasteiger partial charge in [-0.1, -0.05) is 24.3 Å². The summed E-state index contributed by atoms with van der Waals surface area (Å²) < 4.78 is 13.4. The summed E-state index contributed by atoms with van der Waals surface area (Å²) in [7, 11) is 0. The maximum absolute atomic E-state index is 13.4. The molecule has 0 saturated carbocycles. The molecule has 2 amide bonds. The van der Waals surface area contributed by atoms with Crippen molar-refractivity contribution in [2.24, 2.45) is 0 Å². The van der Waals surface area contributed by atoms with Crippen LogP contribution in [0.3, 0.4) is 0 Å². The number of anilines is 1. The Hall–Kier alpha value is -3.06. The van der Waals surface area contributed by atoms with Crippen molar-refractivity contribution in [2.75, 3.05) is 11.9 Å². The Balaban J connectivity index is 1.56. The van der Waals surface area contributed by atoms with E-state index >= 15 is 0 Å². The molecule has 2 aromatic carbocycles. The van der Waals surface area contributed by atoms with Gasteiger partial charge in [0, 0.05) is 29.1 Å². The Morgan fingerprint density at radius 3 is 2.59 bits per heavy atom. The molecule has 29 heavy (non-hydrogen) atoms. The molecule has 0 spiro atoms. The number of carbonyl (C=O) groups is 2. The second-order valence-electron chi connectivity index (χ2n) is 6.75. The van der Waals surface area contributed by atoms with E-state index in [2.05, 4.69) is 15.6 Å². The Labute approximate surface area is 173 Å². The van der Waals surface area contributed by atoms with Crippen molar-refractivity contribution >= 4 is 28.8 Å². The first-order valence-electron chi connectivity index (χ1n) is 9.23. The lowest BCUT2D eigenvalue weighted by Gasteiger charge is -2.10. The molecule has 150 valence electrons. The molecule has 0 aliphatic rings. The molecule has 7 heteroatoms. The third-order valence-electron chi connectivity index (χ3n) is 4.66. The Bertz CT molecular complexity index is 1060. The first-order chi connectivity index (χ1) is 13.8. The van der Waals surface area contributed by atoms with Crippen LogP contribution in [0.25, 0.3) is 10.6 Å². The number of halogens is 1. The molecule has 0 atom stereocenters. The van der Waals surface area contributed by atoms with Gasteiger partial charge in [0.05, 0.1) is 5.69 Å². The fourth-order valence-corrected chi connectivity index (χ4v) is 3.90. The average Bonchev–Trinajstić information content (AvgIpc) is 3.06. The van der Waals surface area contributed by atoms with Gasteiger partial charge in [-0.3, -0.25) is 9.59 Å². The summed E-state index contributed by atoms with van der Waals surface area (Å²) >= 11 is 1.46. The SMILES string of the molecule is Cc1cccc(NC(=O)C(=O)NCCc2sc(-c3cccc(F)c3)nc2C)c1C. The zero-order chi connectivity index (χ0) is 21.0. The van der Waals surface area contributed by atoms with Crippen molar-refractivity contribution < 1.29 is 14.0 Å². The van der Waals surface area contributed by atoms with Gasteiger partial charge in [-0.2, -0.15) is 0 Å². The second kappa shape index (κ2) is 8.96. The normalized spacial score (nSPS) is 10.6. The molecular weight excluding hydrogens is 389 g/mol. The topological polar surface area (TPSA) is 71.1 Å². The van der Waals surface area contributed by atoms with Crippen molar-refractivity contribution in [1.82, 2.24) is 10.3 Å². The molecule has 0 radical (unpaired) electrons. The van der Waals surface area contributed by atoms with Crippen molar-refractivity contribution in [2.45, 2.75) is 27.2 Å². The van der Waals surface area contributed by atoms with Gasteiger partial charge < -0.3 is 10.6 Å². The summed E-state index contributed by atoms with van der Waals surface area (Å²) in [4.78, 5) is 29.7. The highest BCUT2D eigenvalue weighted by atomic mass is 32.1. The largest absolute Gasteiger partial charge is 0.347 e. The quantitative estimate of drug-likeness (QED) is 0.619. The van der Waals surface area contributed by atoms with Crippen LogP contribution in [-0.4, -0.2) is 23.3 Å². The summed E-state index contributed by atoms with van der Waals surface area (Å²) in [6, 6.07) is 11.8. The number of aryl methyl sites for hydroxylation is 2. The van der Waals surface area contributed by atoms with E-state index in [4.69, 9.17) is 0 Å². The summed E-state index contributed by atoms with van der Waals surface area (Å²) in [5, 5.41) is 6.02. The van der Waals surface area contributed by atoms with Crippen LogP contribution < -0.4 is 10.6 Å². The fraction of sp³-hybridized carbons (Fsp3) is 0.227. The molecule has 0 aliphatic carbocycles. The summed E-state index contributed by atoms with van der Waals surface area (Å²) in [5.74, 6) is -1.68. The predicted octanol–water partition coefficient (Wildman–Crippen LogP) is 4.17. The maximum Gasteiger partial charge on any atom is 0.313 e. The van der Waals surface area contributed by atoms with Gasteiger partial charge in [0.1, 0.15) is 10.8 Å². The minimum Gasteiger partial charge on any atom is -0.347 e. The molecule has 0 fully saturated rings. The van der Waals surface area contributed by atoms with Gasteiger partial charge in [-0.15, -0.1) is 11.3 Å². The van der Waals surface area contributed by atoms with Crippen LogP contribution in [0.15, 0.2) is 42.5 Å². The van der Waals surface area contributed by atoms with E-state index in [0.717, 1.165) is 32.3 Å². The minimum absolute atomic E-state index is 0.306. The molecule has 0 aliphatic heterocycles. The third kappa shape index (κ3) is 5.06. The molecule has 5 nitrogen and oxygen atoms in total. The molecule has 3 rings (SSSR count). The van der Waals surface area contributed by atoms with Crippen LogP contribution in [-0.2, 0) is 16.0 Å². The van der Waals surface area contributed by atoms with Crippen LogP contribution in [0.2, 0.25) is 0 Å². The van der Waals surface area contributed by atoms with Gasteiger partial charge in [-0.05, 0) is 50.1 Å². The van der Waals surface area contributed by atoms with Gasteiger partial charge in [-0.25, -0.2) is 9.37 Å². The summed E-state index contributed by atoms with van der Waals surface area (Å²) in [6.07, 6.45) is 0.543. The van der Waals surface area contributed by atoms with E-state index in [9.17, 15) is 14.0 Å². The van der Waals surface area contributed by atoms with Crippen LogP contribution in [0.4, 0.5) is 10.1 Å². The van der Waals surface area contributed by atoms with E-state index in [1.165, 1.54) is 23.5 Å². The first kappa shape index (κ1) is 20.7. The van der Waals surface area contributed by atoms with Crippen LogP contribution in [0.1, 0.15) is 21.7 Å². The number of amides is 2. The van der Waals surface area contributed by atoms with E-state index in [0.29, 0.717) is 18.7 Å². The molecule has 0 saturated heterocycles. The van der Waals surface area contributed by atoms with Crippen molar-refractivity contribution in [3.05, 3.63) is 70.0 Å². The van der Waals surface area contributed by atoms with Gasteiger partial charge >= 0.3 is 11.8 Å². The second-order valence-corrected chi connectivity index (χ2v) is 7.83. The molecular formula is C22H22FN3O2S. The number of benzene rings is 2. The Morgan fingerprint density at radius 1 is 1.07 bits per heavy atom. The maximum atomic E-state index is 13.4. The van der Waals surface area contributed by atoms with E-state index in [1.807, 2.05) is 39.0 Å². The van der Waals surface area contributed by atoms with Crippen molar-refractivity contribution in [1.29, 1.82) is 0 Å². The van der Waals surface area contributed by atoms with Crippen LogP contribution in [0.5, 0.6) is 0 Å². The molecule has 1 aromatic heterocycles.